The van der Waals surface area contributed by atoms with Crippen LogP contribution in [0.5, 0.6) is 0 Å². The highest BCUT2D eigenvalue weighted by atomic mass is 15.7. The summed E-state index contributed by atoms with van der Waals surface area (Å²) in [7, 11) is 0. The molecule has 9 aromatic rings. The highest BCUT2D eigenvalue weighted by molar-refractivity contribution is 4.95. The van der Waals surface area contributed by atoms with Crippen LogP contribution < -0.4 is 0 Å². The maximum atomic E-state index is 4.10. The molecule has 0 saturated heterocycles. The van der Waals surface area contributed by atoms with Crippen LogP contribution in [0.3, 0.4) is 0 Å². The highest BCUT2D eigenvalue weighted by Crippen LogP contribution is 2.15. The van der Waals surface area contributed by atoms with Crippen molar-refractivity contribution in [3.05, 3.63) is 118 Å². The Bertz CT molecular complexity index is 2180. The van der Waals surface area contributed by atoms with Gasteiger partial charge in [0.05, 0.1) is 58.2 Å². The van der Waals surface area contributed by atoms with E-state index in [0.717, 1.165) is 0 Å². The normalized spacial score (nSPS) is 10.3. The Hall–Kier alpha value is -7.67. The van der Waals surface area contributed by atoms with Gasteiger partial charge in [-0.15, -0.1) is 25.2 Å². The van der Waals surface area contributed by atoms with Crippen LogP contribution in [-0.2, 0) is 49.9 Å². The number of rotatable bonds is 0. The second-order valence-corrected chi connectivity index (χ2v) is 27.3. The number of imidazole rings is 1. The highest BCUT2D eigenvalue weighted by Gasteiger charge is 2.17. The Morgan fingerprint density at radius 1 is 0.212 bits per heavy atom. The average molecular weight is 1400 g/mol. The van der Waals surface area contributed by atoms with E-state index in [4.69, 9.17) is 0 Å². The first-order valence-corrected chi connectivity index (χ1v) is 35.9. The molecule has 9 heterocycles. The van der Waals surface area contributed by atoms with Crippen LogP contribution in [0.2, 0.25) is 0 Å². The van der Waals surface area contributed by atoms with E-state index in [1.165, 1.54) is 4.80 Å². The molecule has 26 nitrogen and oxygen atoms in total. The minimum Gasteiger partial charge on any atom is -0.349 e. The van der Waals surface area contributed by atoms with E-state index in [-0.39, 0.29) is 49.9 Å². The van der Waals surface area contributed by atoms with Gasteiger partial charge in [0.25, 0.3) is 0 Å². The van der Waals surface area contributed by atoms with Gasteiger partial charge in [0.2, 0.25) is 0 Å². The van der Waals surface area contributed by atoms with Crippen molar-refractivity contribution >= 4 is 0 Å². The summed E-state index contributed by atoms with van der Waals surface area (Å²) in [5.41, 5.74) is 0.705. The van der Waals surface area contributed by atoms with Crippen molar-refractivity contribution in [2.24, 2.45) is 0 Å². The van der Waals surface area contributed by atoms with E-state index in [0.29, 0.717) is 0 Å². The lowest BCUT2D eigenvalue weighted by Gasteiger charge is -2.20. The Labute approximate surface area is 606 Å². The van der Waals surface area contributed by atoms with Crippen molar-refractivity contribution in [3.63, 3.8) is 0 Å². The smallest absolute Gasteiger partial charge is 0.138 e. The molecule has 0 amide bonds. The van der Waals surface area contributed by atoms with Gasteiger partial charge in [-0.25, -0.2) is 24.0 Å². The molecule has 26 heteroatoms. The molecule has 0 bridgehead atoms. The molecule has 0 radical (unpaired) electrons. The second-order valence-electron chi connectivity index (χ2n) is 27.3. The van der Waals surface area contributed by atoms with Crippen molar-refractivity contribution in [2.45, 2.75) is 361 Å². The van der Waals surface area contributed by atoms with Gasteiger partial charge < -0.3 is 13.7 Å². The van der Waals surface area contributed by atoms with E-state index in [9.17, 15) is 0 Å². The third-order valence-corrected chi connectivity index (χ3v) is 10.2. The molecular weight excluding hydrogens is 1240 g/mol. The van der Waals surface area contributed by atoms with Crippen molar-refractivity contribution in [3.8, 4) is 0 Å². The molecule has 0 spiro atoms. The summed E-state index contributed by atoms with van der Waals surface area (Å²) >= 11 is 0. The predicted molar refractivity (Wildman–Crippen MR) is 419 cm³/mol. The molecular formula is C73H154N26. The summed E-state index contributed by atoms with van der Waals surface area (Å²) < 4.78 is 13.5. The van der Waals surface area contributed by atoms with Crippen LogP contribution in [0.1, 0.15) is 312 Å². The molecule has 9 rings (SSSR count). The van der Waals surface area contributed by atoms with E-state index < -0.39 is 0 Å². The molecule has 0 saturated carbocycles. The van der Waals surface area contributed by atoms with Gasteiger partial charge in [-0.1, -0.05) is 130 Å². The van der Waals surface area contributed by atoms with E-state index in [1.807, 2.05) is 228 Å². The van der Waals surface area contributed by atoms with E-state index in [2.05, 4.69) is 254 Å². The number of tetrazole rings is 1. The molecule has 0 aliphatic rings. The van der Waals surface area contributed by atoms with Crippen LogP contribution >= 0.6 is 0 Å². The lowest BCUT2D eigenvalue weighted by molar-refractivity contribution is 0.302. The largest absolute Gasteiger partial charge is 0.349 e. The van der Waals surface area contributed by atoms with Crippen LogP contribution in [0.25, 0.3) is 0 Å². The summed E-state index contributed by atoms with van der Waals surface area (Å²) in [6.45, 7) is 92.5. The first-order chi connectivity index (χ1) is 45.9. The van der Waals surface area contributed by atoms with Crippen molar-refractivity contribution in [1.82, 2.24) is 129 Å². The molecule has 0 N–H and O–H groups in total. The fourth-order valence-corrected chi connectivity index (χ4v) is 5.20. The number of hydrogen-bond acceptors (Lipinski definition) is 17. The second kappa shape index (κ2) is 60.3. The van der Waals surface area contributed by atoms with Gasteiger partial charge in [-0.05, 0) is 236 Å². The van der Waals surface area contributed by atoms with Crippen molar-refractivity contribution in [1.29, 1.82) is 0 Å². The van der Waals surface area contributed by atoms with Crippen molar-refractivity contribution < 1.29 is 0 Å². The van der Waals surface area contributed by atoms with Gasteiger partial charge in [-0.3, -0.25) is 4.68 Å². The topological polar surface area (TPSA) is 263 Å². The van der Waals surface area contributed by atoms with Crippen LogP contribution in [0.4, 0.5) is 0 Å². The van der Waals surface area contributed by atoms with Gasteiger partial charge in [0.1, 0.15) is 31.6 Å². The lowest BCUT2D eigenvalue weighted by atomic mass is 10.1. The molecule has 99 heavy (non-hydrogen) atoms. The van der Waals surface area contributed by atoms with Crippen LogP contribution in [-0.4, -0.2) is 129 Å². The fourth-order valence-electron chi connectivity index (χ4n) is 5.20. The molecule has 0 aliphatic heterocycles. The minimum atomic E-state index is -0.108. The van der Waals surface area contributed by atoms with Gasteiger partial charge in [0.15, 0.2) is 0 Å². The maximum Gasteiger partial charge on any atom is 0.138 e. The van der Waals surface area contributed by atoms with Crippen molar-refractivity contribution in [2.75, 3.05) is 0 Å². The van der Waals surface area contributed by atoms with E-state index in [1.54, 1.807) is 72.1 Å². The first-order valence-electron chi connectivity index (χ1n) is 35.9. The van der Waals surface area contributed by atoms with Gasteiger partial charge in [0, 0.05) is 60.0 Å². The number of hydrogen-bond donors (Lipinski definition) is 0. The van der Waals surface area contributed by atoms with Gasteiger partial charge in [-0.2, -0.15) is 25.2 Å². The fraction of sp³-hybridized carbons (Fsp3) is 0.740. The summed E-state index contributed by atoms with van der Waals surface area (Å²) in [5, 5.41) is 55.8. The molecule has 0 atom stereocenters. The molecule has 0 unspecified atom stereocenters. The molecule has 9 aromatic heterocycles. The summed E-state index contributed by atoms with van der Waals surface area (Å²) in [6.07, 6.45) is 28.8. The molecule has 0 aromatic carbocycles. The zero-order valence-corrected chi connectivity index (χ0v) is 72.1. The average Bonchev–Trinajstić information content (AvgIpc) is 2.56. The zero-order chi connectivity index (χ0) is 80.2. The van der Waals surface area contributed by atoms with E-state index >= 15 is 0 Å². The molecule has 0 fully saturated rings. The third-order valence-electron chi connectivity index (χ3n) is 10.2. The van der Waals surface area contributed by atoms with Crippen LogP contribution in [0.15, 0.2) is 118 Å². The third kappa shape index (κ3) is 59.0. The van der Waals surface area contributed by atoms with Crippen LogP contribution in [0, 0.1) is 0 Å². The Balaban J connectivity index is -0.000000128. The zero-order valence-electron chi connectivity index (χ0n) is 72.1. The minimum absolute atomic E-state index is 0.00347. The number of aromatic nitrogens is 26. The molecule has 576 valence electrons. The lowest BCUT2D eigenvalue weighted by Crippen LogP contribution is -2.24. The quantitative estimate of drug-likeness (QED) is 0.137. The Morgan fingerprint density at radius 2 is 0.616 bits per heavy atom. The first kappa shape index (κ1) is 110. The summed E-state index contributed by atoms with van der Waals surface area (Å²) in [4.78, 5) is 10.9. The number of nitrogens with zero attached hydrogens (tertiary/aromatic N) is 26. The SMILES string of the molecule is CC.CC.CC.CC.CC.CC.CC.CC.CC.CC(C)(C)n1cccc1.CC(C)(C)n1cccn1.CC(C)(C)n1ccnc1.CC(C)(C)n1ccnn1.CC(C)(C)n1cncn1.CC(C)(C)n1cnnc1.CC(C)(C)n1cnnn1.CC(C)(C)n1nccn1.CC(C)(C)n1nnnn1. The summed E-state index contributed by atoms with van der Waals surface area (Å²) in [6, 6.07) is 6.03. The summed E-state index contributed by atoms with van der Waals surface area (Å²) in [5.74, 6) is 0. The van der Waals surface area contributed by atoms with Gasteiger partial charge >= 0.3 is 0 Å². The molecule has 0 aliphatic carbocycles. The maximum absolute atomic E-state index is 4.10. The standard InChI is InChI=1S/C8H13N.2C7H12N2.4C6H11N3.C5H10N4.C4H9N5.9C2H6/c1-8(2,3)9-6-4-5-7-9;1-7(2,3)9-5-4-8-6-9;1-7(2,3)9-6-4-5-8-9;1-6(2,3)9-4-7-8-5-9;1-6(2,3)9-5-7-4-8-9;1-6(2,3)9-5-4-7-8-9;1-6(2,3)9-7-4-5-8-9;1-5(2,3)9-4-6-7-8-9;1-4(2,3)9-7-5-6-8-9;9*1-2/h4-7H,1-3H3;2*4-6H,1-3H3;4*4-5H,1-3H3;4H,1-3H3;1-3H3;9*1-2H3. The Kier molecular flexibility index (Phi) is 67.0. The predicted octanol–water partition coefficient (Wildman–Crippen LogP) is 19.1. The Morgan fingerprint density at radius 3 is 0.798 bits per heavy atom. The monoisotopic (exact) mass is 1400 g/mol.